The van der Waals surface area contributed by atoms with Gasteiger partial charge in [-0.2, -0.15) is 0 Å². The van der Waals surface area contributed by atoms with E-state index in [9.17, 15) is 9.59 Å². The zero-order chi connectivity index (χ0) is 8.85. The smallest absolute Gasteiger partial charge is 0.321 e. The lowest BCUT2D eigenvalue weighted by molar-refractivity contribution is -0.138. The van der Waals surface area contributed by atoms with Crippen LogP contribution >= 0.6 is 23.2 Å². The van der Waals surface area contributed by atoms with Crippen molar-refractivity contribution in [1.82, 2.24) is 0 Å². The summed E-state index contributed by atoms with van der Waals surface area (Å²) in [6.45, 7) is 0.142. The summed E-state index contributed by atoms with van der Waals surface area (Å²) < 4.78 is 4.20. The van der Waals surface area contributed by atoms with Gasteiger partial charge in [-0.3, -0.25) is 9.59 Å². The Balaban J connectivity index is 3.64. The molecule has 4 nitrogen and oxygen atoms in total. The van der Waals surface area contributed by atoms with Crippen molar-refractivity contribution in [1.29, 1.82) is 0 Å². The van der Waals surface area contributed by atoms with Gasteiger partial charge in [0, 0.05) is 6.42 Å². The summed E-state index contributed by atoms with van der Waals surface area (Å²) >= 11 is 10.6. The Morgan fingerprint density at radius 1 is 1.64 bits per heavy atom. The fourth-order valence-corrected chi connectivity index (χ4v) is 0.853. The second-order valence-corrected chi connectivity index (χ2v) is 2.70. The number of ether oxygens (including phenoxy) is 1. The summed E-state index contributed by atoms with van der Waals surface area (Å²) in [5.74, 6) is -1.19. The molecule has 6 heteroatoms. The lowest BCUT2D eigenvalue weighted by Crippen LogP contribution is -2.19. The number of carbonyl (C=O) groups is 2. The first-order valence-electron chi connectivity index (χ1n) is 2.68. The van der Waals surface area contributed by atoms with E-state index in [1.165, 1.54) is 0 Å². The first-order chi connectivity index (χ1) is 5.07. The maximum Gasteiger partial charge on any atom is 0.321 e. The van der Waals surface area contributed by atoms with E-state index in [-0.39, 0.29) is 12.9 Å². The molecule has 0 saturated carbocycles. The molecule has 0 radical (unpaired) electrons. The quantitative estimate of drug-likeness (QED) is 0.527. The molecule has 0 aromatic heterocycles. The molecule has 0 heterocycles. The Labute approximate surface area is 73.0 Å². The van der Waals surface area contributed by atoms with Gasteiger partial charge in [0.25, 0.3) is 6.47 Å². The van der Waals surface area contributed by atoms with Gasteiger partial charge in [0.1, 0.15) is 5.38 Å². The fourth-order valence-electron chi connectivity index (χ4n) is 0.379. The minimum atomic E-state index is -1.19. The standard InChI is InChI=1S/C5H6Cl2O4/c6-3(5(9)10)1-4(7)11-2-8/h2-4H,1H2,(H,9,10). The molecular formula is C5H6Cl2O4. The molecule has 0 aliphatic rings. The molecule has 0 aliphatic heterocycles. The highest BCUT2D eigenvalue weighted by Crippen LogP contribution is 2.11. The molecule has 2 unspecified atom stereocenters. The molecule has 0 rings (SSSR count). The number of aliphatic carboxylic acids is 1. The number of carbonyl (C=O) groups excluding carboxylic acids is 1. The van der Waals surface area contributed by atoms with Crippen LogP contribution in [0.3, 0.4) is 0 Å². The highest BCUT2D eigenvalue weighted by Gasteiger charge is 2.18. The Hall–Kier alpha value is -0.480. The molecule has 0 aromatic carbocycles. The second kappa shape index (κ2) is 5.21. The largest absolute Gasteiger partial charge is 0.480 e. The third kappa shape index (κ3) is 4.86. The SMILES string of the molecule is O=COC(Cl)CC(Cl)C(=O)O. The number of carboxylic acid groups (broad SMARTS) is 1. The molecule has 1 N–H and O–H groups in total. The summed E-state index contributed by atoms with van der Waals surface area (Å²) in [4.78, 5) is 19.8. The van der Waals surface area contributed by atoms with E-state index in [0.29, 0.717) is 0 Å². The van der Waals surface area contributed by atoms with Gasteiger partial charge in [-0.05, 0) is 0 Å². The van der Waals surface area contributed by atoms with Crippen LogP contribution in [0, 0.1) is 0 Å². The summed E-state index contributed by atoms with van der Waals surface area (Å²) in [6.07, 6.45) is -0.114. The Morgan fingerprint density at radius 2 is 2.18 bits per heavy atom. The van der Waals surface area contributed by atoms with Crippen LogP contribution in [0.25, 0.3) is 0 Å². The van der Waals surface area contributed by atoms with Crippen molar-refractivity contribution in [2.24, 2.45) is 0 Å². The molecule has 64 valence electrons. The number of hydrogen-bond acceptors (Lipinski definition) is 3. The van der Waals surface area contributed by atoms with Crippen LogP contribution in [0.4, 0.5) is 0 Å². The highest BCUT2D eigenvalue weighted by molar-refractivity contribution is 6.30. The third-order valence-corrected chi connectivity index (χ3v) is 1.51. The van der Waals surface area contributed by atoms with Crippen molar-refractivity contribution in [3.8, 4) is 0 Å². The lowest BCUT2D eigenvalue weighted by Gasteiger charge is -2.07. The molecule has 0 saturated heterocycles. The van der Waals surface area contributed by atoms with E-state index in [1.807, 2.05) is 0 Å². The number of hydrogen-bond donors (Lipinski definition) is 1. The average Bonchev–Trinajstić information content (AvgIpc) is 1.87. The molecule has 0 aliphatic carbocycles. The first-order valence-corrected chi connectivity index (χ1v) is 3.55. The van der Waals surface area contributed by atoms with Crippen LogP contribution in [-0.2, 0) is 14.3 Å². The van der Waals surface area contributed by atoms with Crippen molar-refractivity contribution in [3.63, 3.8) is 0 Å². The number of alkyl halides is 2. The molecular weight excluding hydrogens is 195 g/mol. The van der Waals surface area contributed by atoms with Gasteiger partial charge in [0.2, 0.25) is 0 Å². The topological polar surface area (TPSA) is 63.6 Å². The monoisotopic (exact) mass is 200 g/mol. The number of halogens is 2. The van der Waals surface area contributed by atoms with E-state index < -0.39 is 16.9 Å². The predicted octanol–water partition coefficient (Wildman–Crippen LogP) is 0.806. The highest BCUT2D eigenvalue weighted by atomic mass is 35.5. The van der Waals surface area contributed by atoms with E-state index in [4.69, 9.17) is 28.3 Å². The summed E-state index contributed by atoms with van der Waals surface area (Å²) in [6, 6.07) is 0. The zero-order valence-corrected chi connectivity index (χ0v) is 6.88. The number of carboxylic acids is 1. The van der Waals surface area contributed by atoms with Gasteiger partial charge in [-0.25, -0.2) is 0 Å². The van der Waals surface area contributed by atoms with E-state index in [2.05, 4.69) is 4.74 Å². The molecule has 11 heavy (non-hydrogen) atoms. The van der Waals surface area contributed by atoms with Gasteiger partial charge in [0.05, 0.1) is 0 Å². The van der Waals surface area contributed by atoms with Crippen molar-refractivity contribution in [3.05, 3.63) is 0 Å². The Morgan fingerprint density at radius 3 is 2.55 bits per heavy atom. The fraction of sp³-hybridized carbons (Fsp3) is 0.600. The molecule has 2 atom stereocenters. The Bertz CT molecular complexity index is 149. The maximum absolute atomic E-state index is 10.1. The van der Waals surface area contributed by atoms with Crippen LogP contribution in [0.2, 0.25) is 0 Å². The van der Waals surface area contributed by atoms with Crippen LogP contribution < -0.4 is 0 Å². The zero-order valence-electron chi connectivity index (χ0n) is 5.37. The average molecular weight is 201 g/mol. The predicted molar refractivity (Wildman–Crippen MR) is 38.7 cm³/mol. The van der Waals surface area contributed by atoms with E-state index >= 15 is 0 Å². The van der Waals surface area contributed by atoms with Crippen molar-refractivity contribution >= 4 is 35.6 Å². The molecule has 0 spiro atoms. The summed E-state index contributed by atoms with van der Waals surface area (Å²) in [7, 11) is 0. The normalized spacial score (nSPS) is 15.1. The molecule has 0 amide bonds. The van der Waals surface area contributed by atoms with Gasteiger partial charge in [-0.15, -0.1) is 11.6 Å². The maximum atomic E-state index is 10.1. The molecule has 0 aromatic rings. The minimum absolute atomic E-state index is 0.114. The van der Waals surface area contributed by atoms with Crippen molar-refractivity contribution < 1.29 is 19.4 Å². The van der Waals surface area contributed by atoms with Crippen LogP contribution in [0.15, 0.2) is 0 Å². The Kier molecular flexibility index (Phi) is 4.98. The molecule has 0 bridgehead atoms. The van der Waals surface area contributed by atoms with Crippen molar-refractivity contribution in [2.45, 2.75) is 17.4 Å². The van der Waals surface area contributed by atoms with Crippen LogP contribution in [0.5, 0.6) is 0 Å². The summed E-state index contributed by atoms with van der Waals surface area (Å²) in [5.41, 5.74) is -0.980. The van der Waals surface area contributed by atoms with Crippen LogP contribution in [-0.4, -0.2) is 28.5 Å². The third-order valence-electron chi connectivity index (χ3n) is 0.863. The van der Waals surface area contributed by atoms with Gasteiger partial charge >= 0.3 is 5.97 Å². The lowest BCUT2D eigenvalue weighted by atomic mass is 10.3. The molecule has 0 fully saturated rings. The van der Waals surface area contributed by atoms with Crippen LogP contribution in [0.1, 0.15) is 6.42 Å². The minimum Gasteiger partial charge on any atom is -0.480 e. The summed E-state index contributed by atoms with van der Waals surface area (Å²) in [5, 5.41) is 7.14. The second-order valence-electron chi connectivity index (χ2n) is 1.68. The van der Waals surface area contributed by atoms with Gasteiger partial charge < -0.3 is 9.84 Å². The van der Waals surface area contributed by atoms with Gasteiger partial charge in [-0.1, -0.05) is 11.6 Å². The first kappa shape index (κ1) is 10.5. The van der Waals surface area contributed by atoms with Crippen molar-refractivity contribution in [2.75, 3.05) is 0 Å². The van der Waals surface area contributed by atoms with Gasteiger partial charge in [0.15, 0.2) is 5.56 Å². The van der Waals surface area contributed by atoms with E-state index in [0.717, 1.165) is 0 Å². The number of rotatable bonds is 5. The van der Waals surface area contributed by atoms with E-state index in [1.54, 1.807) is 0 Å².